The predicted molar refractivity (Wildman–Crippen MR) is 92.4 cm³/mol. The quantitative estimate of drug-likeness (QED) is 0.839. The van der Waals surface area contributed by atoms with Crippen LogP contribution in [0.2, 0.25) is 0 Å². The van der Waals surface area contributed by atoms with Crippen molar-refractivity contribution in [3.63, 3.8) is 0 Å². The van der Waals surface area contributed by atoms with Gasteiger partial charge in [-0.05, 0) is 56.6 Å². The molecule has 0 unspecified atom stereocenters. The highest BCUT2D eigenvalue weighted by atomic mass is 19.1. The van der Waals surface area contributed by atoms with Crippen LogP contribution in [0.3, 0.4) is 0 Å². The third-order valence-electron chi connectivity index (χ3n) is 5.52. The van der Waals surface area contributed by atoms with E-state index in [4.69, 9.17) is 9.15 Å². The Balaban J connectivity index is 1.36. The van der Waals surface area contributed by atoms with Crippen molar-refractivity contribution in [2.24, 2.45) is 5.92 Å². The smallest absolute Gasteiger partial charge is 0.289 e. The van der Waals surface area contributed by atoms with Crippen LogP contribution in [0.5, 0.6) is 5.88 Å². The van der Waals surface area contributed by atoms with Gasteiger partial charge in [-0.25, -0.2) is 9.37 Å². The fraction of sp³-hybridized carbons (Fsp3) is 0.474. The van der Waals surface area contributed by atoms with E-state index in [1.165, 1.54) is 18.5 Å². The Hall–Kier alpha value is -2.41. The molecule has 0 aliphatic carbocycles. The average molecular weight is 359 g/mol. The first kappa shape index (κ1) is 17.0. The highest BCUT2D eigenvalue weighted by Gasteiger charge is 2.51. The number of hydrogen-bond acceptors (Lipinski definition) is 5. The zero-order valence-electron chi connectivity index (χ0n) is 14.7. The molecule has 7 heteroatoms. The van der Waals surface area contributed by atoms with Crippen molar-refractivity contribution in [1.82, 2.24) is 14.8 Å². The van der Waals surface area contributed by atoms with Crippen LogP contribution >= 0.6 is 0 Å². The summed E-state index contributed by atoms with van der Waals surface area (Å²) < 4.78 is 24.5. The SMILES string of the molecule is CN1CC[C@H](COc2ncccc2F)CC12CN(C(=O)c1ccco1)C2. The Kier molecular flexibility index (Phi) is 4.40. The summed E-state index contributed by atoms with van der Waals surface area (Å²) in [6.07, 6.45) is 4.94. The number of furan rings is 1. The number of carbonyl (C=O) groups excluding carboxylic acids is 1. The van der Waals surface area contributed by atoms with Crippen LogP contribution in [0.15, 0.2) is 41.1 Å². The second-order valence-electron chi connectivity index (χ2n) is 7.24. The molecule has 4 rings (SSSR count). The van der Waals surface area contributed by atoms with Crippen molar-refractivity contribution < 1.29 is 18.3 Å². The van der Waals surface area contributed by atoms with E-state index in [0.717, 1.165) is 19.4 Å². The van der Waals surface area contributed by atoms with Crippen molar-refractivity contribution in [2.75, 3.05) is 33.3 Å². The fourth-order valence-electron chi connectivity index (χ4n) is 3.96. The Bertz CT molecular complexity index is 774. The third kappa shape index (κ3) is 3.07. The lowest BCUT2D eigenvalue weighted by Crippen LogP contribution is -2.72. The summed E-state index contributed by atoms with van der Waals surface area (Å²) in [5, 5.41) is 0. The van der Waals surface area contributed by atoms with E-state index in [0.29, 0.717) is 31.4 Å². The molecule has 0 bridgehead atoms. The van der Waals surface area contributed by atoms with Crippen molar-refractivity contribution >= 4 is 5.91 Å². The van der Waals surface area contributed by atoms with Gasteiger partial charge < -0.3 is 14.1 Å². The lowest BCUT2D eigenvalue weighted by Gasteiger charge is -2.58. The van der Waals surface area contributed by atoms with Gasteiger partial charge in [0, 0.05) is 19.3 Å². The summed E-state index contributed by atoms with van der Waals surface area (Å²) in [5.74, 6) is 0.248. The monoisotopic (exact) mass is 359 g/mol. The van der Waals surface area contributed by atoms with Gasteiger partial charge in [-0.3, -0.25) is 9.69 Å². The maximum absolute atomic E-state index is 13.7. The Morgan fingerprint density at radius 2 is 2.27 bits per heavy atom. The molecular formula is C19H22FN3O3. The van der Waals surface area contributed by atoms with Crippen LogP contribution < -0.4 is 4.74 Å². The molecule has 1 atom stereocenters. The fourth-order valence-corrected chi connectivity index (χ4v) is 3.96. The molecule has 6 nitrogen and oxygen atoms in total. The molecule has 2 aliphatic heterocycles. The molecule has 26 heavy (non-hydrogen) atoms. The second kappa shape index (κ2) is 6.72. The Morgan fingerprint density at radius 1 is 1.42 bits per heavy atom. The number of likely N-dealkylation sites (tertiary alicyclic amines) is 2. The lowest BCUT2D eigenvalue weighted by molar-refractivity contribution is -0.0704. The molecule has 0 radical (unpaired) electrons. The summed E-state index contributed by atoms with van der Waals surface area (Å²) >= 11 is 0. The molecule has 2 aromatic rings. The first-order valence-electron chi connectivity index (χ1n) is 8.85. The van der Waals surface area contributed by atoms with E-state index in [9.17, 15) is 9.18 Å². The molecule has 2 fully saturated rings. The molecule has 1 amide bonds. The molecule has 0 N–H and O–H groups in total. The van der Waals surface area contributed by atoms with Gasteiger partial charge in [0.15, 0.2) is 11.6 Å². The number of halogens is 1. The molecule has 138 valence electrons. The van der Waals surface area contributed by atoms with E-state index < -0.39 is 5.82 Å². The maximum Gasteiger partial charge on any atom is 0.289 e. The minimum absolute atomic E-state index is 0.0306. The number of hydrogen-bond donors (Lipinski definition) is 0. The summed E-state index contributed by atoms with van der Waals surface area (Å²) in [6, 6.07) is 6.31. The third-order valence-corrected chi connectivity index (χ3v) is 5.52. The van der Waals surface area contributed by atoms with Crippen LogP contribution in [0, 0.1) is 11.7 Å². The minimum atomic E-state index is -0.436. The molecule has 1 spiro atoms. The molecule has 4 heterocycles. The summed E-state index contributed by atoms with van der Waals surface area (Å²) in [5.41, 5.74) is -0.0306. The molecule has 2 aliphatic rings. The standard InChI is InChI=1S/C19H22FN3O3/c1-22-8-6-14(11-26-17-15(20)4-2-7-21-17)10-19(22)12-23(13-19)18(24)16-5-3-9-25-16/h2-5,7,9,14H,6,8,10-13H2,1H3/t14-/m0/s1. The predicted octanol–water partition coefficient (Wildman–Crippen LogP) is 2.43. The van der Waals surface area contributed by atoms with Gasteiger partial charge >= 0.3 is 0 Å². The van der Waals surface area contributed by atoms with Crippen LogP contribution in [0.4, 0.5) is 4.39 Å². The largest absolute Gasteiger partial charge is 0.475 e. The van der Waals surface area contributed by atoms with Crippen LogP contribution in [-0.2, 0) is 0 Å². The van der Waals surface area contributed by atoms with Gasteiger partial charge in [0.2, 0.25) is 5.88 Å². The van der Waals surface area contributed by atoms with Gasteiger partial charge in [0.25, 0.3) is 5.91 Å². The maximum atomic E-state index is 13.7. The normalized spacial score (nSPS) is 22.2. The van der Waals surface area contributed by atoms with Gasteiger partial charge in [0.1, 0.15) is 0 Å². The van der Waals surface area contributed by atoms with Crippen molar-refractivity contribution in [2.45, 2.75) is 18.4 Å². The molecule has 0 aromatic carbocycles. The Morgan fingerprint density at radius 3 is 3.00 bits per heavy atom. The molecule has 0 saturated carbocycles. The van der Waals surface area contributed by atoms with Crippen LogP contribution in [0.25, 0.3) is 0 Å². The number of rotatable bonds is 4. The number of pyridine rings is 1. The topological polar surface area (TPSA) is 58.8 Å². The average Bonchev–Trinajstić information content (AvgIpc) is 3.14. The number of likely N-dealkylation sites (N-methyl/N-ethyl adjacent to an activating group) is 1. The summed E-state index contributed by atoms with van der Waals surface area (Å²) in [6.45, 7) is 2.73. The zero-order valence-corrected chi connectivity index (χ0v) is 14.7. The number of aromatic nitrogens is 1. The summed E-state index contributed by atoms with van der Waals surface area (Å²) in [7, 11) is 2.10. The number of amides is 1. The van der Waals surface area contributed by atoms with E-state index >= 15 is 0 Å². The minimum Gasteiger partial charge on any atom is -0.475 e. The Labute approximate surface area is 151 Å². The number of nitrogens with zero attached hydrogens (tertiary/aromatic N) is 3. The zero-order chi connectivity index (χ0) is 18.1. The van der Waals surface area contributed by atoms with Crippen molar-refractivity contribution in [3.05, 3.63) is 48.3 Å². The van der Waals surface area contributed by atoms with Crippen molar-refractivity contribution in [1.29, 1.82) is 0 Å². The summed E-state index contributed by atoms with van der Waals surface area (Å²) in [4.78, 5) is 20.5. The molecule has 2 saturated heterocycles. The second-order valence-corrected chi connectivity index (χ2v) is 7.24. The molecule has 2 aromatic heterocycles. The van der Waals surface area contributed by atoms with E-state index in [-0.39, 0.29) is 17.3 Å². The molecular weight excluding hydrogens is 337 g/mol. The number of piperidine rings is 1. The van der Waals surface area contributed by atoms with Crippen molar-refractivity contribution in [3.8, 4) is 5.88 Å². The number of ether oxygens (including phenoxy) is 1. The van der Waals surface area contributed by atoms with Gasteiger partial charge in [-0.15, -0.1) is 0 Å². The lowest BCUT2D eigenvalue weighted by atomic mass is 9.75. The van der Waals surface area contributed by atoms with Gasteiger partial charge in [-0.1, -0.05) is 0 Å². The van der Waals surface area contributed by atoms with E-state index in [1.807, 2.05) is 4.90 Å². The van der Waals surface area contributed by atoms with Gasteiger partial charge in [0.05, 0.1) is 18.4 Å². The van der Waals surface area contributed by atoms with E-state index in [1.54, 1.807) is 18.2 Å². The first-order valence-corrected chi connectivity index (χ1v) is 8.85. The van der Waals surface area contributed by atoms with Crippen LogP contribution in [-0.4, -0.2) is 59.5 Å². The number of carbonyl (C=O) groups is 1. The highest BCUT2D eigenvalue weighted by molar-refractivity contribution is 5.92. The van der Waals surface area contributed by atoms with Gasteiger partial charge in [-0.2, -0.15) is 0 Å². The van der Waals surface area contributed by atoms with Crippen LogP contribution in [0.1, 0.15) is 23.4 Å². The first-order chi connectivity index (χ1) is 12.6. The highest BCUT2D eigenvalue weighted by Crippen LogP contribution is 2.39. The van der Waals surface area contributed by atoms with E-state index in [2.05, 4.69) is 16.9 Å².